The van der Waals surface area contributed by atoms with Crippen molar-refractivity contribution >= 4 is 44.9 Å². The first-order valence-corrected chi connectivity index (χ1v) is 12.1. The molecule has 2 aromatic carbocycles. The van der Waals surface area contributed by atoms with Crippen molar-refractivity contribution in [2.45, 2.75) is 35.5 Å². The molecule has 2 N–H and O–H groups in total. The van der Waals surface area contributed by atoms with Crippen LogP contribution in [-0.4, -0.2) is 37.4 Å². The van der Waals surface area contributed by atoms with Crippen LogP contribution in [-0.2, 0) is 14.8 Å². The summed E-state index contributed by atoms with van der Waals surface area (Å²) in [6.45, 7) is 0.626. The number of amides is 1. The number of benzene rings is 2. The van der Waals surface area contributed by atoms with Crippen LogP contribution < -0.4 is 10.0 Å². The summed E-state index contributed by atoms with van der Waals surface area (Å²) in [5.74, 6) is 0.322. The maximum absolute atomic E-state index is 12.5. The molecule has 0 fully saturated rings. The van der Waals surface area contributed by atoms with Gasteiger partial charge in [0.05, 0.1) is 15.6 Å². The van der Waals surface area contributed by atoms with Crippen LogP contribution >= 0.6 is 11.8 Å². The molecule has 1 aliphatic heterocycles. The van der Waals surface area contributed by atoms with Crippen LogP contribution in [0.2, 0.25) is 0 Å². The first-order valence-electron chi connectivity index (χ1n) is 9.67. The molecule has 0 aliphatic carbocycles. The van der Waals surface area contributed by atoms with E-state index in [-0.39, 0.29) is 22.2 Å². The zero-order chi connectivity index (χ0) is 22.3. The Kier molecular flexibility index (Phi) is 7.64. The Bertz CT molecular complexity index is 1070. The Morgan fingerprint density at radius 2 is 1.77 bits per heavy atom. The van der Waals surface area contributed by atoms with Crippen molar-refractivity contribution in [3.63, 3.8) is 0 Å². The van der Waals surface area contributed by atoms with Crippen molar-refractivity contribution in [3.8, 4) is 0 Å². The third kappa shape index (κ3) is 6.79. The topological polar surface area (TPSA) is 131 Å². The Labute approximate surface area is 184 Å². The lowest BCUT2D eigenvalue weighted by atomic mass is 10.2. The fourth-order valence-electron chi connectivity index (χ4n) is 2.90. The molecule has 31 heavy (non-hydrogen) atoms. The van der Waals surface area contributed by atoms with Gasteiger partial charge in [0.15, 0.2) is 0 Å². The van der Waals surface area contributed by atoms with Gasteiger partial charge in [0.2, 0.25) is 5.91 Å². The predicted molar refractivity (Wildman–Crippen MR) is 120 cm³/mol. The minimum atomic E-state index is -3.72. The summed E-state index contributed by atoms with van der Waals surface area (Å²) in [6, 6.07) is 11.8. The second kappa shape index (κ2) is 10.4. The van der Waals surface area contributed by atoms with Crippen molar-refractivity contribution in [1.82, 2.24) is 4.72 Å². The van der Waals surface area contributed by atoms with Crippen molar-refractivity contribution in [2.24, 2.45) is 4.99 Å². The number of thioether (sulfide) groups is 1. The summed E-state index contributed by atoms with van der Waals surface area (Å²) in [4.78, 5) is 27.4. The van der Waals surface area contributed by atoms with Gasteiger partial charge in [0.1, 0.15) is 5.84 Å². The molecule has 0 aromatic heterocycles. The van der Waals surface area contributed by atoms with Crippen LogP contribution in [0.1, 0.15) is 25.7 Å². The number of carbonyl (C=O) groups is 1. The molecule has 0 unspecified atom stereocenters. The molecule has 0 bridgehead atoms. The number of nitrogens with one attached hydrogen (secondary N) is 2. The molecule has 1 aliphatic rings. The lowest BCUT2D eigenvalue weighted by Crippen LogP contribution is -2.30. The van der Waals surface area contributed by atoms with Crippen molar-refractivity contribution in [1.29, 1.82) is 0 Å². The molecule has 0 spiro atoms. The van der Waals surface area contributed by atoms with E-state index in [1.165, 1.54) is 48.2 Å². The second-order valence-corrected chi connectivity index (χ2v) is 9.59. The number of nitrogens with zero attached hydrogens (tertiary/aromatic N) is 2. The van der Waals surface area contributed by atoms with Gasteiger partial charge in [-0.15, -0.1) is 11.8 Å². The standard InChI is InChI=1S/C20H22N4O5S2/c25-20(14-30-17-9-7-16(8-10-17)24(26)27)22-15-5-11-18(12-6-15)31(28,29)23-19-4-2-1-3-13-21-19/h5-12H,1-4,13-14H2,(H,21,23)(H,22,25). The lowest BCUT2D eigenvalue weighted by Gasteiger charge is -2.10. The van der Waals surface area contributed by atoms with Gasteiger partial charge in [-0.3, -0.25) is 24.6 Å². The summed E-state index contributed by atoms with van der Waals surface area (Å²) >= 11 is 1.24. The van der Waals surface area contributed by atoms with E-state index in [1.807, 2.05) is 0 Å². The molecule has 0 radical (unpaired) electrons. The quantitative estimate of drug-likeness (QED) is 0.367. The monoisotopic (exact) mass is 462 g/mol. The SMILES string of the molecule is O=C(CSc1ccc([N+](=O)[O-])cc1)Nc1ccc(S(=O)(=O)NC2=NCCCCC2)cc1. The van der Waals surface area contributed by atoms with Crippen LogP contribution in [0, 0.1) is 10.1 Å². The number of non-ortho nitro benzene ring substituents is 1. The van der Waals surface area contributed by atoms with E-state index >= 15 is 0 Å². The fraction of sp³-hybridized carbons (Fsp3) is 0.300. The number of hydrogen-bond acceptors (Lipinski definition) is 7. The normalized spacial score (nSPS) is 14.3. The minimum absolute atomic E-state index is 0.00977. The number of hydrogen-bond donors (Lipinski definition) is 2. The van der Waals surface area contributed by atoms with Gasteiger partial charge in [-0.25, -0.2) is 8.42 Å². The maximum atomic E-state index is 12.5. The number of aliphatic imine (C=N–C) groups is 1. The van der Waals surface area contributed by atoms with Gasteiger partial charge in [0.25, 0.3) is 15.7 Å². The molecule has 1 amide bonds. The summed E-state index contributed by atoms with van der Waals surface area (Å²) in [6.07, 6.45) is 3.51. The van der Waals surface area contributed by atoms with E-state index in [0.717, 1.165) is 24.2 Å². The molecule has 0 saturated carbocycles. The van der Waals surface area contributed by atoms with E-state index in [1.54, 1.807) is 12.1 Å². The van der Waals surface area contributed by atoms with Crippen LogP contribution in [0.4, 0.5) is 11.4 Å². The summed E-state index contributed by atoms with van der Waals surface area (Å²) in [7, 11) is -3.72. The highest BCUT2D eigenvalue weighted by molar-refractivity contribution is 8.00. The largest absolute Gasteiger partial charge is 0.325 e. The molecular formula is C20H22N4O5S2. The number of carbonyl (C=O) groups excluding carboxylic acids is 1. The Morgan fingerprint density at radius 3 is 2.45 bits per heavy atom. The van der Waals surface area contributed by atoms with E-state index in [2.05, 4.69) is 15.0 Å². The molecule has 9 nitrogen and oxygen atoms in total. The molecule has 0 saturated heterocycles. The number of amidine groups is 1. The van der Waals surface area contributed by atoms with E-state index in [9.17, 15) is 23.3 Å². The van der Waals surface area contributed by atoms with Gasteiger partial charge < -0.3 is 5.32 Å². The molecule has 164 valence electrons. The Morgan fingerprint density at radius 1 is 1.06 bits per heavy atom. The molecule has 1 heterocycles. The number of nitro groups is 1. The van der Waals surface area contributed by atoms with Crippen LogP contribution in [0.25, 0.3) is 0 Å². The van der Waals surface area contributed by atoms with E-state index in [4.69, 9.17) is 0 Å². The third-order valence-corrected chi connectivity index (χ3v) is 6.90. The number of sulfonamides is 1. The highest BCUT2D eigenvalue weighted by Gasteiger charge is 2.17. The first-order chi connectivity index (χ1) is 14.8. The van der Waals surface area contributed by atoms with Gasteiger partial charge in [-0.2, -0.15) is 0 Å². The smallest absolute Gasteiger partial charge is 0.269 e. The van der Waals surface area contributed by atoms with E-state index in [0.29, 0.717) is 24.5 Å². The zero-order valence-corrected chi connectivity index (χ0v) is 18.2. The van der Waals surface area contributed by atoms with Gasteiger partial charge in [0, 0.05) is 35.7 Å². The average Bonchev–Trinajstić information content (AvgIpc) is 3.01. The first kappa shape index (κ1) is 22.8. The highest BCUT2D eigenvalue weighted by Crippen LogP contribution is 2.22. The predicted octanol–water partition coefficient (Wildman–Crippen LogP) is 3.58. The van der Waals surface area contributed by atoms with Crippen LogP contribution in [0.5, 0.6) is 0 Å². The van der Waals surface area contributed by atoms with E-state index < -0.39 is 14.9 Å². The molecule has 3 rings (SSSR count). The summed E-state index contributed by atoms with van der Waals surface area (Å²) < 4.78 is 27.6. The van der Waals surface area contributed by atoms with Crippen molar-refractivity contribution in [3.05, 3.63) is 58.6 Å². The minimum Gasteiger partial charge on any atom is -0.325 e. The van der Waals surface area contributed by atoms with Crippen LogP contribution in [0.15, 0.2) is 63.3 Å². The van der Waals surface area contributed by atoms with Gasteiger partial charge in [-0.1, -0.05) is 6.42 Å². The molecule has 11 heteroatoms. The molecule has 2 aromatic rings. The van der Waals surface area contributed by atoms with Crippen molar-refractivity contribution < 1.29 is 18.1 Å². The number of rotatable bonds is 7. The lowest BCUT2D eigenvalue weighted by molar-refractivity contribution is -0.384. The van der Waals surface area contributed by atoms with Crippen molar-refractivity contribution in [2.75, 3.05) is 17.6 Å². The highest BCUT2D eigenvalue weighted by atomic mass is 32.2. The zero-order valence-electron chi connectivity index (χ0n) is 16.6. The molecular weight excluding hydrogens is 440 g/mol. The summed E-state index contributed by atoms with van der Waals surface area (Å²) in [5, 5.41) is 13.4. The summed E-state index contributed by atoms with van der Waals surface area (Å²) in [5.41, 5.74) is 0.463. The van der Waals surface area contributed by atoms with Gasteiger partial charge >= 0.3 is 0 Å². The van der Waals surface area contributed by atoms with Gasteiger partial charge in [-0.05, 0) is 49.2 Å². The Balaban J connectivity index is 1.53. The second-order valence-electron chi connectivity index (χ2n) is 6.86. The van der Waals surface area contributed by atoms with Crippen LogP contribution in [0.3, 0.4) is 0 Å². The average molecular weight is 463 g/mol. The number of anilines is 1. The molecule has 0 atom stereocenters. The third-order valence-electron chi connectivity index (χ3n) is 4.49. The maximum Gasteiger partial charge on any atom is 0.269 e. The Hall–Kier alpha value is -2.92. The fourth-order valence-corrected chi connectivity index (χ4v) is 4.69. The number of nitro benzene ring substituents is 1.